The number of benzene rings is 1. The van der Waals surface area contributed by atoms with Crippen LogP contribution in [0.2, 0.25) is 0 Å². The van der Waals surface area contributed by atoms with Crippen LogP contribution in [0.25, 0.3) is 0 Å². The van der Waals surface area contributed by atoms with Crippen molar-refractivity contribution in [3.05, 3.63) is 29.6 Å². The molecule has 5 heteroatoms. The van der Waals surface area contributed by atoms with Crippen molar-refractivity contribution >= 4 is 12.6 Å². The van der Waals surface area contributed by atoms with Gasteiger partial charge in [-0.3, -0.25) is 4.90 Å². The molecule has 0 bridgehead atoms. The highest BCUT2D eigenvalue weighted by Crippen LogP contribution is 2.28. The lowest BCUT2D eigenvalue weighted by molar-refractivity contribution is 0.187. The van der Waals surface area contributed by atoms with Gasteiger partial charge >= 0.3 is 7.12 Å². The second kappa shape index (κ2) is 6.03. The van der Waals surface area contributed by atoms with Crippen LogP contribution in [0.5, 0.6) is 0 Å². The van der Waals surface area contributed by atoms with Gasteiger partial charge in [0, 0.05) is 24.2 Å². The minimum atomic E-state index is -1.61. The second-order valence-electron chi connectivity index (χ2n) is 5.39. The van der Waals surface area contributed by atoms with E-state index in [9.17, 15) is 4.39 Å². The summed E-state index contributed by atoms with van der Waals surface area (Å²) in [6, 6.07) is 5.44. The fourth-order valence-electron chi connectivity index (χ4n) is 2.90. The zero-order chi connectivity index (χ0) is 14.0. The van der Waals surface area contributed by atoms with Gasteiger partial charge < -0.3 is 10.0 Å². The molecule has 1 aliphatic rings. The van der Waals surface area contributed by atoms with Crippen LogP contribution in [-0.4, -0.2) is 34.2 Å². The maximum absolute atomic E-state index is 14.0. The summed E-state index contributed by atoms with van der Waals surface area (Å²) in [4.78, 5) is 2.34. The summed E-state index contributed by atoms with van der Waals surface area (Å²) in [7, 11) is -1.61. The average Bonchev–Trinajstić information content (AvgIpc) is 2.72. The molecule has 0 radical (unpaired) electrons. The minimum Gasteiger partial charge on any atom is -0.423 e. The van der Waals surface area contributed by atoms with E-state index in [1.807, 2.05) is 0 Å². The molecule has 19 heavy (non-hydrogen) atoms. The fourth-order valence-corrected chi connectivity index (χ4v) is 2.90. The lowest BCUT2D eigenvalue weighted by atomic mass is 9.80. The molecule has 1 heterocycles. The minimum absolute atomic E-state index is 0.197. The molecule has 2 N–H and O–H groups in total. The van der Waals surface area contributed by atoms with Crippen molar-refractivity contribution in [1.29, 1.82) is 0 Å². The van der Waals surface area contributed by atoms with E-state index < -0.39 is 7.12 Å². The number of rotatable bonds is 4. The van der Waals surface area contributed by atoms with Gasteiger partial charge in [0.25, 0.3) is 0 Å². The zero-order valence-electron chi connectivity index (χ0n) is 11.5. The van der Waals surface area contributed by atoms with E-state index in [2.05, 4.69) is 18.7 Å². The summed E-state index contributed by atoms with van der Waals surface area (Å²) >= 11 is 0. The van der Waals surface area contributed by atoms with Crippen molar-refractivity contribution in [3.8, 4) is 0 Å². The molecule has 2 unspecified atom stereocenters. The molecule has 1 aromatic carbocycles. The summed E-state index contributed by atoms with van der Waals surface area (Å²) in [5.41, 5.74) is 0.819. The van der Waals surface area contributed by atoms with Gasteiger partial charge in [-0.15, -0.1) is 0 Å². The Kier molecular flexibility index (Phi) is 4.60. The van der Waals surface area contributed by atoms with Crippen LogP contribution in [0, 0.1) is 5.82 Å². The van der Waals surface area contributed by atoms with Gasteiger partial charge in [-0.05, 0) is 37.7 Å². The Labute approximate surface area is 114 Å². The molecule has 104 valence electrons. The fraction of sp³-hybridized carbons (Fsp3) is 0.571. The molecule has 1 aliphatic heterocycles. The number of halogens is 1. The Bertz CT molecular complexity index is 441. The highest BCUT2D eigenvalue weighted by atomic mass is 19.1. The molecule has 0 amide bonds. The molecule has 3 nitrogen and oxygen atoms in total. The van der Waals surface area contributed by atoms with Crippen molar-refractivity contribution in [2.24, 2.45) is 0 Å². The van der Waals surface area contributed by atoms with E-state index in [-0.39, 0.29) is 11.3 Å². The molecule has 1 saturated heterocycles. The Morgan fingerprint density at radius 2 is 2.11 bits per heavy atom. The quantitative estimate of drug-likeness (QED) is 0.806. The Hall–Kier alpha value is -0.905. The van der Waals surface area contributed by atoms with Gasteiger partial charge in [-0.25, -0.2) is 4.39 Å². The first kappa shape index (κ1) is 14.5. The highest BCUT2D eigenvalue weighted by Gasteiger charge is 2.29. The third kappa shape index (κ3) is 3.16. The molecule has 1 fully saturated rings. The van der Waals surface area contributed by atoms with Crippen LogP contribution in [0.15, 0.2) is 18.2 Å². The third-order valence-electron chi connectivity index (χ3n) is 4.15. The molecule has 0 aliphatic carbocycles. The maximum atomic E-state index is 14.0. The van der Waals surface area contributed by atoms with E-state index in [0.29, 0.717) is 24.2 Å². The predicted molar refractivity (Wildman–Crippen MR) is 74.5 cm³/mol. The lowest BCUT2D eigenvalue weighted by Gasteiger charge is -2.28. The number of likely N-dealkylation sites (tertiary alicyclic amines) is 1. The van der Waals surface area contributed by atoms with Crippen LogP contribution in [0.4, 0.5) is 4.39 Å². The lowest BCUT2D eigenvalue weighted by Crippen LogP contribution is -2.34. The summed E-state index contributed by atoms with van der Waals surface area (Å²) < 4.78 is 14.0. The summed E-state index contributed by atoms with van der Waals surface area (Å²) in [5, 5.41) is 18.0. The van der Waals surface area contributed by atoms with Crippen LogP contribution in [0.3, 0.4) is 0 Å². The molecule has 2 rings (SSSR count). The first-order valence-corrected chi connectivity index (χ1v) is 6.93. The number of nitrogens with zero attached hydrogens (tertiary/aromatic N) is 1. The molecule has 1 aromatic rings. The van der Waals surface area contributed by atoms with Crippen LogP contribution in [0.1, 0.15) is 38.7 Å². The van der Waals surface area contributed by atoms with Crippen molar-refractivity contribution in [1.82, 2.24) is 4.90 Å². The summed E-state index contributed by atoms with van der Waals surface area (Å²) in [6.07, 6.45) is 3.42. The average molecular weight is 265 g/mol. The zero-order valence-corrected chi connectivity index (χ0v) is 11.5. The van der Waals surface area contributed by atoms with Gasteiger partial charge in [-0.2, -0.15) is 0 Å². The molecule has 0 spiro atoms. The maximum Gasteiger partial charge on any atom is 0.488 e. The second-order valence-corrected chi connectivity index (χ2v) is 5.39. The predicted octanol–water partition coefficient (Wildman–Crippen LogP) is 1.27. The van der Waals surface area contributed by atoms with Crippen molar-refractivity contribution in [2.45, 2.75) is 51.7 Å². The van der Waals surface area contributed by atoms with Gasteiger partial charge in [0.15, 0.2) is 0 Å². The van der Waals surface area contributed by atoms with Crippen LogP contribution in [-0.2, 0) is 6.54 Å². The van der Waals surface area contributed by atoms with E-state index in [1.165, 1.54) is 12.5 Å². The van der Waals surface area contributed by atoms with Gasteiger partial charge in [0.2, 0.25) is 0 Å². The van der Waals surface area contributed by atoms with Crippen molar-refractivity contribution in [3.63, 3.8) is 0 Å². The van der Waals surface area contributed by atoms with Gasteiger partial charge in [0.05, 0.1) is 0 Å². The first-order chi connectivity index (χ1) is 9.02. The standard InChI is InChI=1S/C14H21BFNO2/c1-3-13-7-4-10(2)17(13)9-11-5-6-12(15(18)19)8-14(11)16/h5-6,8,10,13,18-19H,3-4,7,9H2,1-2H3. The molecule has 0 saturated carbocycles. The van der Waals surface area contributed by atoms with Crippen LogP contribution < -0.4 is 5.46 Å². The normalized spacial score (nSPS) is 23.8. The Balaban J connectivity index is 2.14. The van der Waals surface area contributed by atoms with Gasteiger partial charge in [0.1, 0.15) is 5.82 Å². The Morgan fingerprint density at radius 3 is 2.68 bits per heavy atom. The first-order valence-electron chi connectivity index (χ1n) is 6.93. The van der Waals surface area contributed by atoms with Crippen molar-refractivity contribution in [2.75, 3.05) is 0 Å². The largest absolute Gasteiger partial charge is 0.488 e. The Morgan fingerprint density at radius 1 is 1.37 bits per heavy atom. The number of hydrogen-bond donors (Lipinski definition) is 2. The molecular weight excluding hydrogens is 244 g/mol. The summed E-state index contributed by atoms with van der Waals surface area (Å²) in [6.45, 7) is 4.93. The van der Waals surface area contributed by atoms with E-state index in [0.717, 1.165) is 12.8 Å². The van der Waals surface area contributed by atoms with Gasteiger partial charge in [-0.1, -0.05) is 19.1 Å². The smallest absolute Gasteiger partial charge is 0.423 e. The highest BCUT2D eigenvalue weighted by molar-refractivity contribution is 6.58. The van der Waals surface area contributed by atoms with Crippen LogP contribution >= 0.6 is 0 Å². The van der Waals surface area contributed by atoms with E-state index >= 15 is 0 Å². The van der Waals surface area contributed by atoms with Crippen molar-refractivity contribution < 1.29 is 14.4 Å². The monoisotopic (exact) mass is 265 g/mol. The number of hydrogen-bond acceptors (Lipinski definition) is 3. The molecule has 2 atom stereocenters. The molecular formula is C14H21BFNO2. The SMILES string of the molecule is CCC1CCC(C)N1Cc1ccc(B(O)O)cc1F. The third-order valence-corrected chi connectivity index (χ3v) is 4.15. The van der Waals surface area contributed by atoms with E-state index in [1.54, 1.807) is 12.1 Å². The molecule has 0 aromatic heterocycles. The van der Waals surface area contributed by atoms with E-state index in [4.69, 9.17) is 10.0 Å². The topological polar surface area (TPSA) is 43.7 Å². The summed E-state index contributed by atoms with van der Waals surface area (Å²) in [5.74, 6) is -0.362.